The maximum Gasteiger partial charge on any atom is 0.259 e. The van der Waals surface area contributed by atoms with Gasteiger partial charge in [0.2, 0.25) is 5.78 Å². The summed E-state index contributed by atoms with van der Waals surface area (Å²) in [6, 6.07) is 8.91. The number of aldehydes is 1. The molecule has 0 atom stereocenters. The second-order valence-electron chi connectivity index (χ2n) is 6.98. The first kappa shape index (κ1) is 20.0. The maximum absolute atomic E-state index is 12.9. The number of halogens is 1. The molecule has 0 fully saturated rings. The molecule has 0 saturated carbocycles. The third-order valence-electron chi connectivity index (χ3n) is 4.92. The van der Waals surface area contributed by atoms with E-state index in [1.807, 2.05) is 16.7 Å². The SMILES string of the molecule is CCCCCn1c(-c2cnc(C=O)nc2)cc(=O)n2cc(-c3ccc(Cl)cc3)nc12. The number of carbonyl (C=O) groups excluding carboxylic acids is 1. The zero-order valence-corrected chi connectivity index (χ0v) is 17.2. The maximum atomic E-state index is 12.9. The van der Waals surface area contributed by atoms with Gasteiger partial charge in [-0.3, -0.25) is 14.0 Å². The minimum atomic E-state index is -0.195. The fourth-order valence-electron chi connectivity index (χ4n) is 3.37. The number of nitrogens with zero attached hydrogens (tertiary/aromatic N) is 5. The Kier molecular flexibility index (Phi) is 5.72. The standard InChI is InChI=1S/C22H20ClN5O2/c1-2-3-4-9-27-19(16-11-24-20(14-29)25-12-16)10-21(30)28-13-18(26-22(27)28)15-5-7-17(23)8-6-15/h5-8,10-14H,2-4,9H2,1H3. The normalized spacial score (nSPS) is 11.1. The molecule has 30 heavy (non-hydrogen) atoms. The molecule has 152 valence electrons. The Balaban J connectivity index is 1.89. The van der Waals surface area contributed by atoms with Crippen LogP contribution in [0.3, 0.4) is 0 Å². The summed E-state index contributed by atoms with van der Waals surface area (Å²) in [5.74, 6) is 0.656. The van der Waals surface area contributed by atoms with E-state index in [2.05, 4.69) is 16.9 Å². The van der Waals surface area contributed by atoms with Gasteiger partial charge in [0.15, 0.2) is 12.1 Å². The molecule has 0 unspecified atom stereocenters. The van der Waals surface area contributed by atoms with Crippen molar-refractivity contribution in [2.45, 2.75) is 32.7 Å². The first-order chi connectivity index (χ1) is 14.6. The number of carbonyl (C=O) groups is 1. The van der Waals surface area contributed by atoms with Crippen LogP contribution in [0.15, 0.2) is 53.7 Å². The molecule has 4 aromatic rings. The summed E-state index contributed by atoms with van der Waals surface area (Å²) in [5.41, 5.74) is 2.71. The molecule has 0 radical (unpaired) electrons. The Morgan fingerprint density at radius 1 is 1.07 bits per heavy atom. The zero-order valence-electron chi connectivity index (χ0n) is 16.5. The van der Waals surface area contributed by atoms with Gasteiger partial charge < -0.3 is 4.57 Å². The van der Waals surface area contributed by atoms with Gasteiger partial charge in [-0.2, -0.15) is 0 Å². The second-order valence-corrected chi connectivity index (χ2v) is 7.41. The van der Waals surface area contributed by atoms with E-state index < -0.39 is 0 Å². The molecule has 0 bridgehead atoms. The topological polar surface area (TPSA) is 82.1 Å². The molecular formula is C22H20ClN5O2. The van der Waals surface area contributed by atoms with Crippen LogP contribution in [0.2, 0.25) is 5.02 Å². The number of fused-ring (bicyclic) bond motifs is 1. The minimum absolute atomic E-state index is 0.102. The Bertz CT molecular complexity index is 1240. The van der Waals surface area contributed by atoms with Crippen LogP contribution >= 0.6 is 11.6 Å². The van der Waals surface area contributed by atoms with Crippen molar-refractivity contribution in [2.75, 3.05) is 0 Å². The molecule has 8 heteroatoms. The lowest BCUT2D eigenvalue weighted by Crippen LogP contribution is -2.19. The zero-order chi connectivity index (χ0) is 21.1. The van der Waals surface area contributed by atoms with Gasteiger partial charge in [-0.05, 0) is 18.6 Å². The predicted octanol–water partition coefficient (Wildman–Crippen LogP) is 4.28. The van der Waals surface area contributed by atoms with Crippen LogP contribution in [0.4, 0.5) is 0 Å². The van der Waals surface area contributed by atoms with Crippen molar-refractivity contribution in [3.63, 3.8) is 0 Å². The molecule has 1 aromatic carbocycles. The summed E-state index contributed by atoms with van der Waals surface area (Å²) in [5, 5.41) is 0.641. The summed E-state index contributed by atoms with van der Waals surface area (Å²) >= 11 is 6.00. The lowest BCUT2D eigenvalue weighted by molar-refractivity contribution is 0.111. The average molecular weight is 422 g/mol. The first-order valence-corrected chi connectivity index (χ1v) is 10.1. The number of rotatable bonds is 7. The van der Waals surface area contributed by atoms with Crippen molar-refractivity contribution in [1.29, 1.82) is 0 Å². The molecular weight excluding hydrogens is 402 g/mol. The highest BCUT2D eigenvalue weighted by Crippen LogP contribution is 2.24. The van der Waals surface area contributed by atoms with Crippen LogP contribution in [-0.2, 0) is 6.54 Å². The van der Waals surface area contributed by atoms with Gasteiger partial charge >= 0.3 is 0 Å². The quantitative estimate of drug-likeness (QED) is 0.328. The Morgan fingerprint density at radius 2 is 1.80 bits per heavy atom. The number of hydrogen-bond donors (Lipinski definition) is 0. The van der Waals surface area contributed by atoms with E-state index in [1.54, 1.807) is 41.2 Å². The Labute approximate surface area is 178 Å². The van der Waals surface area contributed by atoms with Crippen molar-refractivity contribution >= 4 is 23.7 Å². The van der Waals surface area contributed by atoms with Gasteiger partial charge in [-0.25, -0.2) is 15.0 Å². The number of unbranched alkanes of at least 4 members (excludes halogenated alkanes) is 2. The molecule has 0 aliphatic heterocycles. The molecule has 0 saturated heterocycles. The van der Waals surface area contributed by atoms with Crippen LogP contribution in [0, 0.1) is 0 Å². The van der Waals surface area contributed by atoms with Crippen LogP contribution in [-0.4, -0.2) is 30.2 Å². The Morgan fingerprint density at radius 3 is 2.47 bits per heavy atom. The highest BCUT2D eigenvalue weighted by atomic mass is 35.5. The highest BCUT2D eigenvalue weighted by molar-refractivity contribution is 6.30. The molecule has 3 aromatic heterocycles. The van der Waals surface area contributed by atoms with Gasteiger partial charge in [-0.1, -0.05) is 43.5 Å². The molecule has 0 N–H and O–H groups in total. The van der Waals surface area contributed by atoms with Gasteiger partial charge in [0.25, 0.3) is 5.56 Å². The molecule has 0 aliphatic carbocycles. The lowest BCUT2D eigenvalue weighted by Gasteiger charge is -2.14. The van der Waals surface area contributed by atoms with Crippen molar-refractivity contribution in [3.8, 4) is 22.5 Å². The lowest BCUT2D eigenvalue weighted by atomic mass is 10.2. The van der Waals surface area contributed by atoms with Gasteiger partial charge in [0.05, 0.1) is 11.4 Å². The summed E-state index contributed by atoms with van der Waals surface area (Å²) < 4.78 is 3.57. The highest BCUT2D eigenvalue weighted by Gasteiger charge is 2.15. The average Bonchev–Trinajstić information content (AvgIpc) is 3.22. The number of imidazole rings is 1. The largest absolute Gasteiger partial charge is 0.311 e. The van der Waals surface area contributed by atoms with E-state index in [0.717, 1.165) is 24.8 Å². The van der Waals surface area contributed by atoms with E-state index in [9.17, 15) is 9.59 Å². The summed E-state index contributed by atoms with van der Waals surface area (Å²) in [7, 11) is 0. The molecule has 0 aliphatic rings. The van der Waals surface area contributed by atoms with Gasteiger partial charge in [0.1, 0.15) is 0 Å². The number of aryl methyl sites for hydroxylation is 1. The number of aromatic nitrogens is 5. The molecule has 3 heterocycles. The second kappa shape index (κ2) is 8.59. The van der Waals surface area contributed by atoms with Crippen LogP contribution in [0.1, 0.15) is 36.8 Å². The van der Waals surface area contributed by atoms with Crippen molar-refractivity contribution in [1.82, 2.24) is 23.9 Å². The Hall–Kier alpha value is -3.32. The van der Waals surface area contributed by atoms with Crippen LogP contribution in [0.5, 0.6) is 0 Å². The molecule has 4 rings (SSSR count). The van der Waals surface area contributed by atoms with E-state index in [0.29, 0.717) is 40.6 Å². The number of benzene rings is 1. The summed E-state index contributed by atoms with van der Waals surface area (Å²) in [4.78, 5) is 36.6. The molecule has 0 amide bonds. The van der Waals surface area contributed by atoms with E-state index in [-0.39, 0.29) is 11.4 Å². The smallest absolute Gasteiger partial charge is 0.259 e. The van der Waals surface area contributed by atoms with E-state index >= 15 is 0 Å². The third kappa shape index (κ3) is 3.89. The van der Waals surface area contributed by atoms with Crippen molar-refractivity contribution in [3.05, 3.63) is 70.1 Å². The third-order valence-corrected chi connectivity index (χ3v) is 5.17. The minimum Gasteiger partial charge on any atom is -0.311 e. The fourth-order valence-corrected chi connectivity index (χ4v) is 3.49. The fraction of sp³-hybridized carbons (Fsp3) is 0.227. The molecule has 7 nitrogen and oxygen atoms in total. The summed E-state index contributed by atoms with van der Waals surface area (Å²) in [6.07, 6.45) is 8.53. The van der Waals surface area contributed by atoms with E-state index in [4.69, 9.17) is 16.6 Å². The molecule has 0 spiro atoms. The van der Waals surface area contributed by atoms with Gasteiger partial charge in [-0.15, -0.1) is 0 Å². The van der Waals surface area contributed by atoms with Crippen molar-refractivity contribution in [2.24, 2.45) is 0 Å². The van der Waals surface area contributed by atoms with Gasteiger partial charge in [0, 0.05) is 47.4 Å². The van der Waals surface area contributed by atoms with Crippen LogP contribution < -0.4 is 5.56 Å². The van der Waals surface area contributed by atoms with Crippen LogP contribution in [0.25, 0.3) is 28.3 Å². The monoisotopic (exact) mass is 421 g/mol. The number of hydrogen-bond acceptors (Lipinski definition) is 5. The van der Waals surface area contributed by atoms with E-state index in [1.165, 1.54) is 0 Å². The van der Waals surface area contributed by atoms with Crippen molar-refractivity contribution < 1.29 is 4.79 Å². The summed E-state index contributed by atoms with van der Waals surface area (Å²) in [6.45, 7) is 2.83. The predicted molar refractivity (Wildman–Crippen MR) is 116 cm³/mol. The first-order valence-electron chi connectivity index (χ1n) is 9.77.